The van der Waals surface area contributed by atoms with E-state index in [-0.39, 0.29) is 5.56 Å². The van der Waals surface area contributed by atoms with Crippen LogP contribution in [0.25, 0.3) is 4.96 Å². The van der Waals surface area contributed by atoms with Crippen molar-refractivity contribution in [1.29, 1.82) is 0 Å². The minimum atomic E-state index is -0.0461. The second-order valence-corrected chi connectivity index (χ2v) is 5.70. The molecule has 0 radical (unpaired) electrons. The number of aromatic nitrogens is 2. The third-order valence-electron chi connectivity index (χ3n) is 2.69. The van der Waals surface area contributed by atoms with Gasteiger partial charge in [-0.25, -0.2) is 4.98 Å². The SMILES string of the molecule is O=c1cc(CNc2ccccc2Br)nc2sccn12. The Bertz CT molecular complexity index is 781. The van der Waals surface area contributed by atoms with E-state index >= 15 is 0 Å². The summed E-state index contributed by atoms with van der Waals surface area (Å²) in [6.07, 6.45) is 1.74. The molecule has 96 valence electrons. The molecule has 0 spiro atoms. The lowest BCUT2D eigenvalue weighted by Gasteiger charge is -2.07. The van der Waals surface area contributed by atoms with Crippen LogP contribution in [0, 0.1) is 0 Å². The number of fused-ring (bicyclic) bond motifs is 1. The lowest BCUT2D eigenvalue weighted by atomic mass is 10.3. The van der Waals surface area contributed by atoms with E-state index in [4.69, 9.17) is 0 Å². The quantitative estimate of drug-likeness (QED) is 0.799. The summed E-state index contributed by atoms with van der Waals surface area (Å²) < 4.78 is 2.54. The Kier molecular flexibility index (Phi) is 3.35. The minimum Gasteiger partial charge on any atom is -0.378 e. The van der Waals surface area contributed by atoms with Gasteiger partial charge in [0.1, 0.15) is 0 Å². The van der Waals surface area contributed by atoms with E-state index < -0.39 is 0 Å². The highest BCUT2D eigenvalue weighted by atomic mass is 79.9. The number of nitrogens with zero attached hydrogens (tertiary/aromatic N) is 2. The summed E-state index contributed by atoms with van der Waals surface area (Å²) in [7, 11) is 0. The summed E-state index contributed by atoms with van der Waals surface area (Å²) in [5.41, 5.74) is 1.68. The third-order valence-corrected chi connectivity index (χ3v) is 4.14. The molecule has 0 saturated heterocycles. The second-order valence-electron chi connectivity index (χ2n) is 3.97. The topological polar surface area (TPSA) is 46.4 Å². The van der Waals surface area contributed by atoms with Crippen LogP contribution in [0.2, 0.25) is 0 Å². The Morgan fingerprint density at radius 2 is 2.21 bits per heavy atom. The molecule has 6 heteroatoms. The van der Waals surface area contributed by atoms with E-state index in [1.807, 2.05) is 29.6 Å². The smallest absolute Gasteiger partial charge is 0.258 e. The lowest BCUT2D eigenvalue weighted by Crippen LogP contribution is -2.14. The standard InChI is InChI=1S/C13H10BrN3OS/c14-10-3-1-2-4-11(10)15-8-9-7-12(18)17-5-6-19-13(17)16-9/h1-7,15H,8H2. The molecular formula is C13H10BrN3OS. The van der Waals surface area contributed by atoms with Crippen molar-refractivity contribution >= 4 is 37.9 Å². The van der Waals surface area contributed by atoms with E-state index in [1.165, 1.54) is 11.3 Å². The van der Waals surface area contributed by atoms with Crippen molar-refractivity contribution in [1.82, 2.24) is 9.38 Å². The predicted octanol–water partition coefficient (Wildman–Crippen LogP) is 3.13. The number of rotatable bonds is 3. The van der Waals surface area contributed by atoms with E-state index in [0.717, 1.165) is 20.8 Å². The maximum atomic E-state index is 11.8. The van der Waals surface area contributed by atoms with Crippen molar-refractivity contribution in [2.45, 2.75) is 6.54 Å². The van der Waals surface area contributed by atoms with Gasteiger partial charge in [0.15, 0.2) is 4.96 Å². The molecular weight excluding hydrogens is 326 g/mol. The fourth-order valence-electron chi connectivity index (χ4n) is 1.77. The molecule has 0 amide bonds. The largest absolute Gasteiger partial charge is 0.378 e. The van der Waals surface area contributed by atoms with Crippen LogP contribution in [0.3, 0.4) is 0 Å². The van der Waals surface area contributed by atoms with E-state index in [9.17, 15) is 4.79 Å². The first kappa shape index (κ1) is 12.4. The zero-order valence-corrected chi connectivity index (χ0v) is 12.2. The number of thiazole rings is 1. The zero-order valence-electron chi connectivity index (χ0n) is 9.84. The average Bonchev–Trinajstić information content (AvgIpc) is 2.87. The van der Waals surface area contributed by atoms with Gasteiger partial charge in [-0.05, 0) is 28.1 Å². The fourth-order valence-corrected chi connectivity index (χ4v) is 2.93. The third kappa shape index (κ3) is 2.54. The Balaban J connectivity index is 1.86. The van der Waals surface area contributed by atoms with Gasteiger partial charge in [0.05, 0.1) is 12.2 Å². The molecule has 0 aliphatic carbocycles. The molecule has 0 unspecified atom stereocenters. The zero-order chi connectivity index (χ0) is 13.2. The molecule has 4 nitrogen and oxygen atoms in total. The van der Waals surface area contributed by atoms with Gasteiger partial charge in [0, 0.05) is 27.8 Å². The fraction of sp³-hybridized carbons (Fsp3) is 0.0769. The highest BCUT2D eigenvalue weighted by molar-refractivity contribution is 9.10. The summed E-state index contributed by atoms with van der Waals surface area (Å²) in [4.78, 5) is 17.0. The van der Waals surface area contributed by atoms with Crippen LogP contribution < -0.4 is 10.9 Å². The molecule has 3 rings (SSSR count). The van der Waals surface area contributed by atoms with Crippen molar-refractivity contribution in [3.05, 3.63) is 62.4 Å². The van der Waals surface area contributed by atoms with Crippen molar-refractivity contribution in [3.63, 3.8) is 0 Å². The van der Waals surface area contributed by atoms with E-state index in [1.54, 1.807) is 16.7 Å². The molecule has 19 heavy (non-hydrogen) atoms. The molecule has 0 bridgehead atoms. The maximum Gasteiger partial charge on any atom is 0.258 e. The molecule has 0 aliphatic rings. The first-order valence-electron chi connectivity index (χ1n) is 5.68. The number of anilines is 1. The van der Waals surface area contributed by atoms with Crippen LogP contribution in [-0.2, 0) is 6.54 Å². The number of hydrogen-bond acceptors (Lipinski definition) is 4. The van der Waals surface area contributed by atoms with E-state index in [2.05, 4.69) is 26.2 Å². The second kappa shape index (κ2) is 5.14. The number of para-hydroxylation sites is 1. The van der Waals surface area contributed by atoms with Crippen LogP contribution in [0.15, 0.2) is 51.2 Å². The molecule has 0 saturated carbocycles. The van der Waals surface area contributed by atoms with Gasteiger partial charge in [-0.1, -0.05) is 12.1 Å². The highest BCUT2D eigenvalue weighted by Gasteiger charge is 2.04. The normalized spacial score (nSPS) is 10.8. The first-order chi connectivity index (χ1) is 9.24. The Morgan fingerprint density at radius 1 is 1.37 bits per heavy atom. The van der Waals surface area contributed by atoms with Crippen LogP contribution in [0.4, 0.5) is 5.69 Å². The number of halogens is 1. The maximum absolute atomic E-state index is 11.8. The van der Waals surface area contributed by atoms with Gasteiger partial charge < -0.3 is 5.32 Å². The van der Waals surface area contributed by atoms with Crippen LogP contribution in [0.5, 0.6) is 0 Å². The Morgan fingerprint density at radius 3 is 3.05 bits per heavy atom. The van der Waals surface area contributed by atoms with Crippen LogP contribution in [0.1, 0.15) is 5.69 Å². The van der Waals surface area contributed by atoms with Gasteiger partial charge in [-0.2, -0.15) is 0 Å². The van der Waals surface area contributed by atoms with Gasteiger partial charge in [-0.15, -0.1) is 11.3 Å². The first-order valence-corrected chi connectivity index (χ1v) is 7.35. The summed E-state index contributed by atoms with van der Waals surface area (Å²) >= 11 is 4.93. The summed E-state index contributed by atoms with van der Waals surface area (Å²) in [6, 6.07) is 9.41. The lowest BCUT2D eigenvalue weighted by molar-refractivity contribution is 0.989. The van der Waals surface area contributed by atoms with Crippen molar-refractivity contribution in [2.24, 2.45) is 0 Å². The van der Waals surface area contributed by atoms with Crippen molar-refractivity contribution in [2.75, 3.05) is 5.32 Å². The van der Waals surface area contributed by atoms with Crippen LogP contribution in [-0.4, -0.2) is 9.38 Å². The summed E-state index contributed by atoms with van der Waals surface area (Å²) in [6.45, 7) is 0.520. The average molecular weight is 336 g/mol. The van der Waals surface area contributed by atoms with Crippen molar-refractivity contribution < 1.29 is 0 Å². The van der Waals surface area contributed by atoms with Gasteiger partial charge >= 0.3 is 0 Å². The number of benzene rings is 1. The molecule has 3 aromatic rings. The van der Waals surface area contributed by atoms with Crippen molar-refractivity contribution in [3.8, 4) is 0 Å². The number of hydrogen-bond donors (Lipinski definition) is 1. The molecule has 2 aromatic heterocycles. The highest BCUT2D eigenvalue weighted by Crippen LogP contribution is 2.21. The van der Waals surface area contributed by atoms with Crippen LogP contribution >= 0.6 is 27.3 Å². The van der Waals surface area contributed by atoms with Gasteiger partial charge in [0.2, 0.25) is 0 Å². The van der Waals surface area contributed by atoms with Gasteiger partial charge in [-0.3, -0.25) is 9.20 Å². The summed E-state index contributed by atoms with van der Waals surface area (Å²) in [5.74, 6) is 0. The molecule has 1 N–H and O–H groups in total. The Labute approximate surface area is 121 Å². The molecule has 0 aliphatic heterocycles. The molecule has 0 atom stereocenters. The molecule has 2 heterocycles. The monoisotopic (exact) mass is 335 g/mol. The minimum absolute atomic E-state index is 0.0461. The van der Waals surface area contributed by atoms with E-state index in [0.29, 0.717) is 6.54 Å². The predicted molar refractivity (Wildman–Crippen MR) is 80.8 cm³/mol. The Hall–Kier alpha value is -1.66. The number of nitrogens with one attached hydrogen (secondary N) is 1. The summed E-state index contributed by atoms with van der Waals surface area (Å²) in [5, 5.41) is 5.12. The molecule has 1 aromatic carbocycles. The van der Waals surface area contributed by atoms with Gasteiger partial charge in [0.25, 0.3) is 5.56 Å². The molecule has 0 fully saturated rings.